The van der Waals surface area contributed by atoms with Crippen LogP contribution in [0.15, 0.2) is 30.3 Å². The minimum absolute atomic E-state index is 0.304. The zero-order valence-corrected chi connectivity index (χ0v) is 16.3. The summed E-state index contributed by atoms with van der Waals surface area (Å²) in [6.07, 6.45) is 0.329. The fourth-order valence-corrected chi connectivity index (χ4v) is 2.41. The molecule has 6 N–H and O–H groups in total. The van der Waals surface area contributed by atoms with Crippen molar-refractivity contribution in [2.75, 3.05) is 6.54 Å². The van der Waals surface area contributed by atoms with Crippen LogP contribution in [-0.2, 0) is 25.6 Å². The van der Waals surface area contributed by atoms with Crippen LogP contribution in [0.2, 0.25) is 0 Å². The van der Waals surface area contributed by atoms with Crippen LogP contribution in [0.3, 0.4) is 0 Å². The van der Waals surface area contributed by atoms with Gasteiger partial charge < -0.3 is 26.8 Å². The van der Waals surface area contributed by atoms with Gasteiger partial charge in [-0.05, 0) is 24.8 Å². The average Bonchev–Trinajstić information content (AvgIpc) is 2.64. The summed E-state index contributed by atoms with van der Waals surface area (Å²) in [5.41, 5.74) is 6.77. The van der Waals surface area contributed by atoms with Gasteiger partial charge >= 0.3 is 5.97 Å². The number of carbonyl (C=O) groups is 4. The monoisotopic (exact) mass is 392 g/mol. The number of carboxylic acid groups (broad SMARTS) is 1. The van der Waals surface area contributed by atoms with Gasteiger partial charge in [0.25, 0.3) is 0 Å². The molecule has 0 aliphatic rings. The molecule has 3 atom stereocenters. The number of nitrogens with one attached hydrogen (secondary N) is 3. The maximum atomic E-state index is 12.1. The Morgan fingerprint density at radius 1 is 1.00 bits per heavy atom. The van der Waals surface area contributed by atoms with E-state index in [-0.39, 0.29) is 5.92 Å². The molecule has 1 rings (SSSR count). The molecule has 9 nitrogen and oxygen atoms in total. The van der Waals surface area contributed by atoms with Crippen molar-refractivity contribution in [3.63, 3.8) is 0 Å². The summed E-state index contributed by atoms with van der Waals surface area (Å²) in [6, 6.07) is 6.48. The van der Waals surface area contributed by atoms with Crippen LogP contribution in [0.25, 0.3) is 0 Å². The van der Waals surface area contributed by atoms with Crippen LogP contribution >= 0.6 is 0 Å². The van der Waals surface area contributed by atoms with Crippen LogP contribution in [0.5, 0.6) is 0 Å². The number of carbonyl (C=O) groups excluding carboxylic acids is 3. The maximum absolute atomic E-state index is 12.1. The predicted molar refractivity (Wildman–Crippen MR) is 103 cm³/mol. The van der Waals surface area contributed by atoms with E-state index < -0.39 is 48.4 Å². The molecule has 0 saturated carbocycles. The molecule has 3 amide bonds. The summed E-state index contributed by atoms with van der Waals surface area (Å²) >= 11 is 0. The normalized spacial score (nSPS) is 13.9. The third-order valence-electron chi connectivity index (χ3n) is 4.06. The fraction of sp³-hybridized carbons (Fsp3) is 0.474. The summed E-state index contributed by atoms with van der Waals surface area (Å²) in [5, 5.41) is 16.2. The van der Waals surface area contributed by atoms with Gasteiger partial charge in [-0.25, -0.2) is 4.79 Å². The molecule has 3 unspecified atom stereocenters. The van der Waals surface area contributed by atoms with Gasteiger partial charge in [0, 0.05) is 0 Å². The first-order chi connectivity index (χ1) is 13.1. The second-order valence-corrected chi connectivity index (χ2v) is 6.87. The lowest BCUT2D eigenvalue weighted by atomic mass is 10.0. The molecule has 0 aliphatic heterocycles. The minimum Gasteiger partial charge on any atom is -0.480 e. The molecule has 0 bridgehead atoms. The Labute approximate surface area is 164 Å². The lowest BCUT2D eigenvalue weighted by Gasteiger charge is -2.19. The van der Waals surface area contributed by atoms with Gasteiger partial charge in [0.2, 0.25) is 17.7 Å². The van der Waals surface area contributed by atoms with Crippen LogP contribution in [0.1, 0.15) is 26.3 Å². The molecule has 0 fully saturated rings. The van der Waals surface area contributed by atoms with Crippen LogP contribution < -0.4 is 21.7 Å². The zero-order valence-electron chi connectivity index (χ0n) is 16.3. The van der Waals surface area contributed by atoms with E-state index in [9.17, 15) is 19.2 Å². The van der Waals surface area contributed by atoms with Crippen LogP contribution in [0.4, 0.5) is 0 Å². The van der Waals surface area contributed by atoms with Crippen molar-refractivity contribution in [2.24, 2.45) is 11.7 Å². The lowest BCUT2D eigenvalue weighted by Crippen LogP contribution is -2.53. The number of hydrogen-bond donors (Lipinski definition) is 5. The maximum Gasteiger partial charge on any atom is 0.326 e. The molecular weight excluding hydrogens is 364 g/mol. The highest BCUT2D eigenvalue weighted by atomic mass is 16.4. The van der Waals surface area contributed by atoms with Gasteiger partial charge in [0.15, 0.2) is 0 Å². The quantitative estimate of drug-likeness (QED) is 0.359. The molecule has 1 aromatic rings. The second kappa shape index (κ2) is 11.0. The Balaban J connectivity index is 2.44. The molecule has 0 aromatic heterocycles. The zero-order chi connectivity index (χ0) is 21.3. The van der Waals surface area contributed by atoms with Gasteiger partial charge in [-0.15, -0.1) is 0 Å². The molecule has 0 heterocycles. The van der Waals surface area contributed by atoms with E-state index in [1.54, 1.807) is 13.8 Å². The van der Waals surface area contributed by atoms with Gasteiger partial charge in [-0.2, -0.15) is 0 Å². The van der Waals surface area contributed by atoms with Crippen LogP contribution in [0, 0.1) is 5.92 Å². The standard InChI is InChI=1S/C19H28N4O5/c1-11(2)16(19(27)28)23-15(24)10-21-17(25)12(3)22-18(26)14(20)9-13-7-5-4-6-8-13/h4-8,11-12,14,16H,9-10,20H2,1-3H3,(H,21,25)(H,22,26)(H,23,24)(H,27,28). The van der Waals surface area contributed by atoms with Crippen molar-refractivity contribution < 1.29 is 24.3 Å². The van der Waals surface area contributed by atoms with E-state index in [0.29, 0.717) is 6.42 Å². The van der Waals surface area contributed by atoms with E-state index in [2.05, 4.69) is 16.0 Å². The highest BCUT2D eigenvalue weighted by Crippen LogP contribution is 2.02. The van der Waals surface area contributed by atoms with Gasteiger partial charge in [0.1, 0.15) is 12.1 Å². The molecule has 28 heavy (non-hydrogen) atoms. The average molecular weight is 392 g/mol. The summed E-state index contributed by atoms with van der Waals surface area (Å²) in [7, 11) is 0. The summed E-state index contributed by atoms with van der Waals surface area (Å²) in [6.45, 7) is 4.39. The first-order valence-corrected chi connectivity index (χ1v) is 9.01. The highest BCUT2D eigenvalue weighted by molar-refractivity contribution is 5.92. The van der Waals surface area contributed by atoms with E-state index >= 15 is 0 Å². The smallest absolute Gasteiger partial charge is 0.326 e. The Morgan fingerprint density at radius 2 is 1.61 bits per heavy atom. The second-order valence-electron chi connectivity index (χ2n) is 6.87. The molecule has 0 saturated heterocycles. The number of nitrogens with two attached hydrogens (primary N) is 1. The van der Waals surface area contributed by atoms with Crippen molar-refractivity contribution >= 4 is 23.7 Å². The topological polar surface area (TPSA) is 151 Å². The van der Waals surface area contributed by atoms with Crippen molar-refractivity contribution in [3.05, 3.63) is 35.9 Å². The van der Waals surface area contributed by atoms with Gasteiger partial charge in [0.05, 0.1) is 12.6 Å². The molecule has 0 aliphatic carbocycles. The summed E-state index contributed by atoms with van der Waals surface area (Å²) in [5.74, 6) is -3.15. The van der Waals surface area contributed by atoms with E-state index in [0.717, 1.165) is 5.56 Å². The Hall–Kier alpha value is -2.94. The molecule has 1 aromatic carbocycles. The van der Waals surface area contributed by atoms with Crippen molar-refractivity contribution in [1.29, 1.82) is 0 Å². The molecule has 9 heteroatoms. The van der Waals surface area contributed by atoms with Crippen molar-refractivity contribution in [1.82, 2.24) is 16.0 Å². The molecule has 0 spiro atoms. The highest BCUT2D eigenvalue weighted by Gasteiger charge is 2.24. The Bertz CT molecular complexity index is 693. The number of rotatable bonds is 10. The Morgan fingerprint density at radius 3 is 2.14 bits per heavy atom. The number of hydrogen-bond acceptors (Lipinski definition) is 5. The Kier molecular flexibility index (Phi) is 9.10. The third-order valence-corrected chi connectivity index (χ3v) is 4.06. The van der Waals surface area contributed by atoms with E-state index in [4.69, 9.17) is 10.8 Å². The van der Waals surface area contributed by atoms with Gasteiger partial charge in [-0.3, -0.25) is 14.4 Å². The van der Waals surface area contributed by atoms with Crippen molar-refractivity contribution in [3.8, 4) is 0 Å². The fourth-order valence-electron chi connectivity index (χ4n) is 2.41. The summed E-state index contributed by atoms with van der Waals surface area (Å²) < 4.78 is 0. The lowest BCUT2D eigenvalue weighted by molar-refractivity contribution is -0.143. The number of aliphatic carboxylic acids is 1. The van der Waals surface area contributed by atoms with Crippen molar-refractivity contribution in [2.45, 2.75) is 45.3 Å². The predicted octanol–water partition coefficient (Wildman–Crippen LogP) is -0.597. The largest absolute Gasteiger partial charge is 0.480 e. The number of amides is 3. The number of carboxylic acids is 1. The van der Waals surface area contributed by atoms with Crippen LogP contribution in [-0.4, -0.2) is 53.5 Å². The summed E-state index contributed by atoms with van der Waals surface area (Å²) in [4.78, 5) is 47.1. The van der Waals surface area contributed by atoms with E-state index in [1.807, 2.05) is 30.3 Å². The molecular formula is C19H28N4O5. The van der Waals surface area contributed by atoms with Gasteiger partial charge in [-0.1, -0.05) is 44.2 Å². The first-order valence-electron chi connectivity index (χ1n) is 9.01. The van der Waals surface area contributed by atoms with E-state index in [1.165, 1.54) is 6.92 Å². The molecule has 0 radical (unpaired) electrons. The number of benzene rings is 1. The minimum atomic E-state index is -1.15. The first kappa shape index (κ1) is 23.1. The third kappa shape index (κ3) is 7.75. The SMILES string of the molecule is CC(NC(=O)C(N)Cc1ccccc1)C(=O)NCC(=O)NC(C(=O)O)C(C)C. The molecule has 154 valence electrons.